The van der Waals surface area contributed by atoms with Gasteiger partial charge in [-0.3, -0.25) is 4.98 Å². The van der Waals surface area contributed by atoms with E-state index < -0.39 is 10.0 Å². The Kier molecular flexibility index (Phi) is 4.26. The van der Waals surface area contributed by atoms with Crippen LogP contribution in [0.15, 0.2) is 65.7 Å². The van der Waals surface area contributed by atoms with Crippen molar-refractivity contribution in [3.05, 3.63) is 66.4 Å². The maximum Gasteiger partial charge on any atom is 0.244 e. The lowest BCUT2D eigenvalue weighted by Crippen LogP contribution is -2.30. The van der Waals surface area contributed by atoms with E-state index in [-0.39, 0.29) is 22.2 Å². The van der Waals surface area contributed by atoms with Crippen molar-refractivity contribution in [3.8, 4) is 5.75 Å². The number of nitrogens with zero attached hydrogens (tertiary/aromatic N) is 2. The third-order valence-corrected chi connectivity index (χ3v) is 6.18. The van der Waals surface area contributed by atoms with Crippen LogP contribution in [-0.4, -0.2) is 29.9 Å². The molecule has 2 aromatic carbocycles. The minimum absolute atomic E-state index is 0.0386. The Morgan fingerprint density at radius 1 is 1.04 bits per heavy atom. The summed E-state index contributed by atoms with van der Waals surface area (Å²) in [5.41, 5.74) is 1.18. The van der Waals surface area contributed by atoms with Crippen LogP contribution in [0.2, 0.25) is 0 Å². The monoisotopic (exact) mass is 342 g/mol. The highest BCUT2D eigenvalue weighted by Crippen LogP contribution is 2.32. The van der Waals surface area contributed by atoms with Gasteiger partial charge in [0.1, 0.15) is 11.3 Å². The second-order valence-corrected chi connectivity index (χ2v) is 7.56. The first-order valence-electron chi connectivity index (χ1n) is 7.52. The SMILES string of the molecule is C[C@@H](c1ccccc1)N(C)S(=O)(=O)c1ccc(O)c2ncccc12. The van der Waals surface area contributed by atoms with Crippen molar-refractivity contribution in [3.63, 3.8) is 0 Å². The molecule has 0 aliphatic carbocycles. The first-order valence-corrected chi connectivity index (χ1v) is 8.96. The van der Waals surface area contributed by atoms with Gasteiger partial charge < -0.3 is 5.11 Å². The molecule has 0 saturated heterocycles. The maximum atomic E-state index is 13.1. The van der Waals surface area contributed by atoms with Crippen molar-refractivity contribution in [2.75, 3.05) is 7.05 Å². The number of sulfonamides is 1. The fourth-order valence-corrected chi connectivity index (χ4v) is 4.19. The van der Waals surface area contributed by atoms with Gasteiger partial charge in [0.15, 0.2) is 0 Å². The molecule has 3 aromatic rings. The van der Waals surface area contributed by atoms with Crippen molar-refractivity contribution in [1.29, 1.82) is 0 Å². The molecule has 0 spiro atoms. The number of fused-ring (bicyclic) bond motifs is 1. The Morgan fingerprint density at radius 3 is 2.46 bits per heavy atom. The third kappa shape index (κ3) is 2.74. The molecule has 5 nitrogen and oxygen atoms in total. The Labute approximate surface area is 141 Å². The van der Waals surface area contributed by atoms with Crippen LogP contribution in [0, 0.1) is 0 Å². The Balaban J connectivity index is 2.10. The van der Waals surface area contributed by atoms with Crippen LogP contribution in [0.3, 0.4) is 0 Å². The van der Waals surface area contributed by atoms with Crippen LogP contribution in [0.5, 0.6) is 5.75 Å². The highest BCUT2D eigenvalue weighted by atomic mass is 32.2. The summed E-state index contributed by atoms with van der Waals surface area (Å²) in [6, 6.07) is 15.2. The van der Waals surface area contributed by atoms with Gasteiger partial charge in [0, 0.05) is 24.7 Å². The van der Waals surface area contributed by atoms with Gasteiger partial charge in [-0.05, 0) is 36.8 Å². The number of hydrogen-bond acceptors (Lipinski definition) is 4. The Bertz CT molecular complexity index is 972. The van der Waals surface area contributed by atoms with Crippen LogP contribution in [-0.2, 0) is 10.0 Å². The summed E-state index contributed by atoms with van der Waals surface area (Å²) in [5, 5.41) is 10.3. The van der Waals surface area contributed by atoms with E-state index in [2.05, 4.69) is 4.98 Å². The van der Waals surface area contributed by atoms with Crippen LogP contribution in [0.1, 0.15) is 18.5 Å². The van der Waals surface area contributed by atoms with Crippen molar-refractivity contribution in [2.24, 2.45) is 0 Å². The van der Waals surface area contributed by atoms with Crippen molar-refractivity contribution >= 4 is 20.9 Å². The molecule has 124 valence electrons. The quantitative estimate of drug-likeness (QED) is 0.789. The third-order valence-electron chi connectivity index (χ3n) is 4.19. The van der Waals surface area contributed by atoms with Crippen molar-refractivity contribution in [2.45, 2.75) is 17.9 Å². The second-order valence-electron chi connectivity index (χ2n) is 5.59. The first-order chi connectivity index (χ1) is 11.4. The first kappa shape index (κ1) is 16.4. The van der Waals surface area contributed by atoms with E-state index in [1.54, 1.807) is 19.2 Å². The van der Waals surface area contributed by atoms with E-state index in [9.17, 15) is 13.5 Å². The normalized spacial score (nSPS) is 13.3. The lowest BCUT2D eigenvalue weighted by molar-refractivity contribution is 0.399. The number of aromatic nitrogens is 1. The molecular weight excluding hydrogens is 324 g/mol. The van der Waals surface area contributed by atoms with E-state index in [1.807, 2.05) is 37.3 Å². The number of hydrogen-bond donors (Lipinski definition) is 1. The summed E-state index contributed by atoms with van der Waals surface area (Å²) in [6.45, 7) is 1.84. The van der Waals surface area contributed by atoms with Gasteiger partial charge in [0.2, 0.25) is 10.0 Å². The standard InChI is InChI=1S/C18H18N2O3S/c1-13(14-7-4-3-5-8-14)20(2)24(22,23)17-11-10-16(21)18-15(17)9-6-12-19-18/h3-13,21H,1-2H3/t13-/m0/s1. The van der Waals surface area contributed by atoms with E-state index in [0.717, 1.165) is 5.56 Å². The van der Waals surface area contributed by atoms with Crippen LogP contribution >= 0.6 is 0 Å². The number of pyridine rings is 1. The molecule has 1 heterocycles. The zero-order valence-corrected chi connectivity index (χ0v) is 14.2. The molecule has 0 radical (unpaired) electrons. The highest BCUT2D eigenvalue weighted by molar-refractivity contribution is 7.89. The van der Waals surface area contributed by atoms with Gasteiger partial charge in [-0.15, -0.1) is 0 Å². The summed E-state index contributed by atoms with van der Waals surface area (Å²) in [6.07, 6.45) is 1.52. The largest absolute Gasteiger partial charge is 0.506 e. The topological polar surface area (TPSA) is 70.5 Å². The number of phenols is 1. The molecule has 0 aliphatic rings. The number of rotatable bonds is 4. The average Bonchev–Trinajstić information content (AvgIpc) is 2.61. The van der Waals surface area contributed by atoms with Gasteiger partial charge in [0.05, 0.1) is 4.90 Å². The van der Waals surface area contributed by atoms with E-state index >= 15 is 0 Å². The Morgan fingerprint density at radius 2 is 1.75 bits per heavy atom. The lowest BCUT2D eigenvalue weighted by atomic mass is 10.1. The molecule has 0 aliphatic heterocycles. The molecule has 0 bridgehead atoms. The average molecular weight is 342 g/mol. The molecule has 24 heavy (non-hydrogen) atoms. The molecule has 0 fully saturated rings. The molecule has 1 atom stereocenters. The molecule has 3 rings (SSSR count). The fraction of sp³-hybridized carbons (Fsp3) is 0.167. The van der Waals surface area contributed by atoms with Gasteiger partial charge in [-0.2, -0.15) is 4.31 Å². The molecule has 0 amide bonds. The summed E-state index contributed by atoms with van der Waals surface area (Å²) >= 11 is 0. The maximum absolute atomic E-state index is 13.1. The zero-order valence-electron chi connectivity index (χ0n) is 13.4. The predicted octanol–water partition coefficient (Wildman–Crippen LogP) is 3.32. The van der Waals surface area contributed by atoms with Gasteiger partial charge in [-0.25, -0.2) is 8.42 Å². The van der Waals surface area contributed by atoms with Gasteiger partial charge in [-0.1, -0.05) is 30.3 Å². The zero-order chi connectivity index (χ0) is 17.3. The Hall–Kier alpha value is -2.44. The summed E-state index contributed by atoms with van der Waals surface area (Å²) in [7, 11) is -2.19. The summed E-state index contributed by atoms with van der Waals surface area (Å²) in [5.74, 6) is -0.0386. The molecule has 0 unspecified atom stereocenters. The second kappa shape index (κ2) is 6.22. The van der Waals surface area contributed by atoms with Crippen LogP contribution in [0.25, 0.3) is 10.9 Å². The number of benzene rings is 2. The predicted molar refractivity (Wildman–Crippen MR) is 93.2 cm³/mol. The highest BCUT2D eigenvalue weighted by Gasteiger charge is 2.28. The minimum Gasteiger partial charge on any atom is -0.506 e. The van der Waals surface area contributed by atoms with Crippen molar-refractivity contribution < 1.29 is 13.5 Å². The van der Waals surface area contributed by atoms with E-state index in [0.29, 0.717) is 5.39 Å². The number of aromatic hydroxyl groups is 1. The lowest BCUT2D eigenvalue weighted by Gasteiger charge is -2.25. The smallest absolute Gasteiger partial charge is 0.244 e. The van der Waals surface area contributed by atoms with E-state index in [1.165, 1.54) is 22.6 Å². The van der Waals surface area contributed by atoms with Gasteiger partial charge in [0.25, 0.3) is 0 Å². The van der Waals surface area contributed by atoms with Crippen molar-refractivity contribution in [1.82, 2.24) is 9.29 Å². The molecule has 1 N–H and O–H groups in total. The van der Waals surface area contributed by atoms with Gasteiger partial charge >= 0.3 is 0 Å². The fourth-order valence-electron chi connectivity index (χ4n) is 2.66. The molecule has 6 heteroatoms. The van der Waals surface area contributed by atoms with Crippen LogP contribution in [0.4, 0.5) is 0 Å². The summed E-state index contributed by atoms with van der Waals surface area (Å²) in [4.78, 5) is 4.22. The molecular formula is C18H18N2O3S. The van der Waals surface area contributed by atoms with Crippen LogP contribution < -0.4 is 0 Å². The van der Waals surface area contributed by atoms with E-state index in [4.69, 9.17) is 0 Å². The summed E-state index contributed by atoms with van der Waals surface area (Å²) < 4.78 is 27.5. The minimum atomic E-state index is -3.75. The number of phenolic OH excluding ortho intramolecular Hbond substituents is 1. The molecule has 0 saturated carbocycles. The molecule has 1 aromatic heterocycles.